The number of hydrogen-bond acceptors (Lipinski definition) is 4. The number of nitrogens with zero attached hydrogens (tertiary/aromatic N) is 3. The van der Waals surface area contributed by atoms with Gasteiger partial charge in [-0.15, -0.1) is 0 Å². The number of aryl methyl sites for hydroxylation is 3. The predicted octanol–water partition coefficient (Wildman–Crippen LogP) is 4.13. The van der Waals surface area contributed by atoms with E-state index in [1.165, 1.54) is 0 Å². The molecule has 1 aromatic carbocycles. The van der Waals surface area contributed by atoms with Crippen LogP contribution in [0, 0.1) is 20.8 Å². The molecule has 0 N–H and O–H groups in total. The molecule has 1 aliphatic rings. The summed E-state index contributed by atoms with van der Waals surface area (Å²) in [5, 5.41) is 4.89. The van der Waals surface area contributed by atoms with E-state index in [-0.39, 0.29) is 11.9 Å². The summed E-state index contributed by atoms with van der Waals surface area (Å²) in [5.41, 5.74) is 4.40. The SMILES string of the molecule is Cc1cc([C@@H]2CCCN2C(=O)c2cc(C)nc3c(C)cccc23)on1. The first-order valence-corrected chi connectivity index (χ1v) is 8.66. The van der Waals surface area contributed by atoms with Crippen molar-refractivity contribution in [1.29, 1.82) is 0 Å². The molecule has 0 saturated carbocycles. The van der Waals surface area contributed by atoms with Gasteiger partial charge in [-0.3, -0.25) is 9.78 Å². The van der Waals surface area contributed by atoms with Crippen molar-refractivity contribution in [3.63, 3.8) is 0 Å². The highest BCUT2D eigenvalue weighted by Gasteiger charge is 2.34. The van der Waals surface area contributed by atoms with Gasteiger partial charge in [-0.25, -0.2) is 0 Å². The van der Waals surface area contributed by atoms with Crippen molar-refractivity contribution in [2.75, 3.05) is 6.54 Å². The summed E-state index contributed by atoms with van der Waals surface area (Å²) < 4.78 is 5.44. The minimum atomic E-state index is -0.0398. The molecule has 25 heavy (non-hydrogen) atoms. The van der Waals surface area contributed by atoms with Crippen LogP contribution in [0.5, 0.6) is 0 Å². The van der Waals surface area contributed by atoms with Crippen molar-refractivity contribution in [1.82, 2.24) is 15.0 Å². The quantitative estimate of drug-likeness (QED) is 0.706. The minimum absolute atomic E-state index is 0.0395. The van der Waals surface area contributed by atoms with Gasteiger partial charge in [0, 0.05) is 23.7 Å². The van der Waals surface area contributed by atoms with Gasteiger partial charge in [-0.1, -0.05) is 23.4 Å². The zero-order chi connectivity index (χ0) is 17.6. The number of fused-ring (bicyclic) bond motifs is 1. The van der Waals surface area contributed by atoms with Crippen LogP contribution in [0.3, 0.4) is 0 Å². The number of rotatable bonds is 2. The lowest BCUT2D eigenvalue weighted by atomic mass is 10.0. The van der Waals surface area contributed by atoms with Gasteiger partial charge in [0.1, 0.15) is 0 Å². The van der Waals surface area contributed by atoms with Gasteiger partial charge >= 0.3 is 0 Å². The second-order valence-electron chi connectivity index (χ2n) is 6.81. The zero-order valence-electron chi connectivity index (χ0n) is 14.7. The van der Waals surface area contributed by atoms with Crippen LogP contribution in [0.25, 0.3) is 10.9 Å². The molecule has 3 aromatic rings. The Morgan fingerprint density at radius 2 is 2.04 bits per heavy atom. The normalized spacial score (nSPS) is 17.4. The lowest BCUT2D eigenvalue weighted by Crippen LogP contribution is -2.30. The Labute approximate surface area is 146 Å². The van der Waals surface area contributed by atoms with Gasteiger partial charge < -0.3 is 9.42 Å². The van der Waals surface area contributed by atoms with Crippen LogP contribution in [0.4, 0.5) is 0 Å². The average molecular weight is 335 g/mol. The molecule has 1 fully saturated rings. The van der Waals surface area contributed by atoms with Crippen molar-refractivity contribution in [3.05, 3.63) is 58.6 Å². The van der Waals surface area contributed by atoms with Crippen LogP contribution in [-0.4, -0.2) is 27.5 Å². The van der Waals surface area contributed by atoms with E-state index in [1.54, 1.807) is 0 Å². The molecule has 128 valence electrons. The van der Waals surface area contributed by atoms with Crippen LogP contribution in [0.2, 0.25) is 0 Å². The van der Waals surface area contributed by atoms with Crippen molar-refractivity contribution >= 4 is 16.8 Å². The lowest BCUT2D eigenvalue weighted by Gasteiger charge is -2.23. The van der Waals surface area contributed by atoms with Crippen LogP contribution in [-0.2, 0) is 0 Å². The highest BCUT2D eigenvalue weighted by atomic mass is 16.5. The van der Waals surface area contributed by atoms with Crippen LogP contribution in [0.15, 0.2) is 34.9 Å². The number of aromatic nitrogens is 2. The van der Waals surface area contributed by atoms with E-state index in [1.807, 2.05) is 56.0 Å². The summed E-state index contributed by atoms with van der Waals surface area (Å²) in [7, 11) is 0. The topological polar surface area (TPSA) is 59.2 Å². The number of carbonyl (C=O) groups is 1. The molecule has 0 radical (unpaired) electrons. The average Bonchev–Trinajstić information content (AvgIpc) is 3.23. The second-order valence-corrected chi connectivity index (χ2v) is 6.81. The van der Waals surface area contributed by atoms with Crippen molar-refractivity contribution in [3.8, 4) is 0 Å². The third-order valence-electron chi connectivity index (χ3n) is 4.89. The van der Waals surface area contributed by atoms with Crippen molar-refractivity contribution < 1.29 is 9.32 Å². The Morgan fingerprint density at radius 1 is 1.20 bits per heavy atom. The van der Waals surface area contributed by atoms with Gasteiger partial charge in [0.2, 0.25) is 0 Å². The highest BCUT2D eigenvalue weighted by Crippen LogP contribution is 2.34. The van der Waals surface area contributed by atoms with Crippen LogP contribution < -0.4 is 0 Å². The molecule has 3 heterocycles. The maximum Gasteiger partial charge on any atom is 0.255 e. The predicted molar refractivity (Wildman–Crippen MR) is 95.5 cm³/mol. The van der Waals surface area contributed by atoms with E-state index < -0.39 is 0 Å². The molecule has 1 aliphatic heterocycles. The number of amides is 1. The van der Waals surface area contributed by atoms with Gasteiger partial charge in [-0.05, 0) is 45.2 Å². The third kappa shape index (κ3) is 2.69. The molecule has 5 nitrogen and oxygen atoms in total. The highest BCUT2D eigenvalue weighted by molar-refractivity contribution is 6.07. The fourth-order valence-electron chi connectivity index (χ4n) is 3.70. The van der Waals surface area contributed by atoms with E-state index in [0.29, 0.717) is 5.56 Å². The number of para-hydroxylation sites is 1. The second kappa shape index (κ2) is 5.99. The molecule has 2 aromatic heterocycles. The molecule has 5 heteroatoms. The molecule has 1 atom stereocenters. The minimum Gasteiger partial charge on any atom is -0.359 e. The molecule has 0 unspecified atom stereocenters. The van der Waals surface area contributed by atoms with Gasteiger partial charge in [-0.2, -0.15) is 0 Å². The van der Waals surface area contributed by atoms with Gasteiger partial charge in [0.15, 0.2) is 5.76 Å². The van der Waals surface area contributed by atoms with E-state index in [4.69, 9.17) is 4.52 Å². The summed E-state index contributed by atoms with van der Waals surface area (Å²) in [6, 6.07) is 9.76. The molecular formula is C20H21N3O2. The lowest BCUT2D eigenvalue weighted by molar-refractivity contribution is 0.0716. The van der Waals surface area contributed by atoms with E-state index in [0.717, 1.165) is 53.0 Å². The first kappa shape index (κ1) is 15.8. The fourth-order valence-corrected chi connectivity index (χ4v) is 3.70. The van der Waals surface area contributed by atoms with Gasteiger partial charge in [0.05, 0.1) is 22.8 Å². The Balaban J connectivity index is 1.78. The standard InChI is InChI=1S/C20H21N3O2/c1-12-6-4-7-15-16(10-13(2)21-19(12)15)20(24)23-9-5-8-17(23)18-11-14(3)22-25-18/h4,6-7,10-11,17H,5,8-9H2,1-3H3/t17-/m0/s1. The Hall–Kier alpha value is -2.69. The summed E-state index contributed by atoms with van der Waals surface area (Å²) in [4.78, 5) is 19.9. The Bertz CT molecular complexity index is 961. The molecule has 1 amide bonds. The first-order chi connectivity index (χ1) is 12.0. The molecule has 0 spiro atoms. The van der Waals surface area contributed by atoms with Crippen LogP contribution in [0.1, 0.15) is 52.0 Å². The molecule has 4 rings (SSSR count). The Kier molecular flexibility index (Phi) is 3.79. The largest absolute Gasteiger partial charge is 0.359 e. The number of carbonyl (C=O) groups excluding carboxylic acids is 1. The third-order valence-corrected chi connectivity index (χ3v) is 4.89. The number of benzene rings is 1. The monoisotopic (exact) mass is 335 g/mol. The van der Waals surface area contributed by atoms with E-state index >= 15 is 0 Å². The molecule has 0 aliphatic carbocycles. The van der Waals surface area contributed by atoms with Crippen molar-refractivity contribution in [2.24, 2.45) is 0 Å². The smallest absolute Gasteiger partial charge is 0.255 e. The summed E-state index contributed by atoms with van der Waals surface area (Å²) in [6.07, 6.45) is 1.87. The van der Waals surface area contributed by atoms with Crippen molar-refractivity contribution in [2.45, 2.75) is 39.7 Å². The molecule has 1 saturated heterocycles. The Morgan fingerprint density at radius 3 is 2.80 bits per heavy atom. The zero-order valence-corrected chi connectivity index (χ0v) is 14.7. The fraction of sp³-hybridized carbons (Fsp3) is 0.350. The molecule has 0 bridgehead atoms. The summed E-state index contributed by atoms with van der Waals surface area (Å²) >= 11 is 0. The first-order valence-electron chi connectivity index (χ1n) is 8.66. The maximum absolute atomic E-state index is 13.4. The van der Waals surface area contributed by atoms with E-state index in [9.17, 15) is 4.79 Å². The molecular weight excluding hydrogens is 314 g/mol. The summed E-state index contributed by atoms with van der Waals surface area (Å²) in [6.45, 7) is 6.59. The number of pyridine rings is 1. The van der Waals surface area contributed by atoms with E-state index in [2.05, 4.69) is 10.1 Å². The maximum atomic E-state index is 13.4. The number of hydrogen-bond donors (Lipinski definition) is 0. The number of likely N-dealkylation sites (tertiary alicyclic amines) is 1. The summed E-state index contributed by atoms with van der Waals surface area (Å²) in [5.74, 6) is 0.812. The van der Waals surface area contributed by atoms with Crippen LogP contribution >= 0.6 is 0 Å². The van der Waals surface area contributed by atoms with Gasteiger partial charge in [0.25, 0.3) is 5.91 Å².